The Morgan fingerprint density at radius 2 is 1.92 bits per heavy atom. The summed E-state index contributed by atoms with van der Waals surface area (Å²) in [6.45, 7) is 3.38. The molecule has 0 bridgehead atoms. The van der Waals surface area contributed by atoms with Gasteiger partial charge < -0.3 is 0 Å². The van der Waals surface area contributed by atoms with Crippen molar-refractivity contribution in [1.29, 1.82) is 0 Å². The molecule has 13 heavy (non-hydrogen) atoms. The molecule has 1 nitrogen and oxygen atoms in total. The zero-order chi connectivity index (χ0) is 10.1. The highest BCUT2D eigenvalue weighted by atomic mass is 19.4. The highest BCUT2D eigenvalue weighted by Gasteiger charge is 2.32. The van der Waals surface area contributed by atoms with Crippen molar-refractivity contribution in [2.75, 3.05) is 0 Å². The smallest absolute Gasteiger partial charge is 0.249 e. The van der Waals surface area contributed by atoms with Crippen LogP contribution >= 0.6 is 0 Å². The SMILES string of the molecule is CCc1cc(C)nc(C(F)(F)F)c1. The van der Waals surface area contributed by atoms with Gasteiger partial charge in [-0.05, 0) is 31.0 Å². The molecule has 0 spiro atoms. The molecule has 0 aromatic carbocycles. The van der Waals surface area contributed by atoms with Gasteiger partial charge in [-0.15, -0.1) is 0 Å². The van der Waals surface area contributed by atoms with E-state index in [0.29, 0.717) is 17.7 Å². The fourth-order valence-corrected chi connectivity index (χ4v) is 1.09. The van der Waals surface area contributed by atoms with Gasteiger partial charge in [0, 0.05) is 5.69 Å². The fraction of sp³-hybridized carbons (Fsp3) is 0.444. The quantitative estimate of drug-likeness (QED) is 0.661. The lowest BCUT2D eigenvalue weighted by Crippen LogP contribution is -2.09. The first-order chi connectivity index (χ1) is 5.93. The summed E-state index contributed by atoms with van der Waals surface area (Å²) in [7, 11) is 0. The Kier molecular flexibility index (Phi) is 2.59. The number of hydrogen-bond acceptors (Lipinski definition) is 1. The first kappa shape index (κ1) is 10.0. The van der Waals surface area contributed by atoms with Gasteiger partial charge >= 0.3 is 6.18 Å². The van der Waals surface area contributed by atoms with Crippen molar-refractivity contribution in [1.82, 2.24) is 4.98 Å². The molecule has 1 aromatic heterocycles. The van der Waals surface area contributed by atoms with Gasteiger partial charge in [0.25, 0.3) is 0 Å². The fourth-order valence-electron chi connectivity index (χ4n) is 1.09. The largest absolute Gasteiger partial charge is 0.433 e. The van der Waals surface area contributed by atoms with E-state index >= 15 is 0 Å². The molecule has 0 radical (unpaired) electrons. The Balaban J connectivity index is 3.16. The van der Waals surface area contributed by atoms with Crippen molar-refractivity contribution >= 4 is 0 Å². The molecule has 0 saturated heterocycles. The van der Waals surface area contributed by atoms with Gasteiger partial charge in [-0.2, -0.15) is 13.2 Å². The predicted octanol–water partition coefficient (Wildman–Crippen LogP) is 2.97. The van der Waals surface area contributed by atoms with Crippen LogP contribution in [0.2, 0.25) is 0 Å². The van der Waals surface area contributed by atoms with Crippen LogP contribution in [-0.4, -0.2) is 4.98 Å². The van der Waals surface area contributed by atoms with Crippen molar-refractivity contribution in [3.8, 4) is 0 Å². The van der Waals surface area contributed by atoms with Crippen LogP contribution in [0.1, 0.15) is 23.9 Å². The van der Waals surface area contributed by atoms with Crippen LogP contribution in [0.3, 0.4) is 0 Å². The summed E-state index contributed by atoms with van der Waals surface area (Å²) >= 11 is 0. The normalized spacial score (nSPS) is 11.8. The number of pyridine rings is 1. The maximum atomic E-state index is 12.2. The first-order valence-electron chi connectivity index (χ1n) is 3.98. The van der Waals surface area contributed by atoms with Gasteiger partial charge in [-0.25, -0.2) is 4.98 Å². The predicted molar refractivity (Wildman–Crippen MR) is 43.4 cm³/mol. The Morgan fingerprint density at radius 3 is 2.38 bits per heavy atom. The van der Waals surface area contributed by atoms with Gasteiger partial charge in [0.1, 0.15) is 5.69 Å². The average molecular weight is 189 g/mol. The van der Waals surface area contributed by atoms with E-state index in [1.165, 1.54) is 0 Å². The molecule has 1 rings (SSSR count). The molecule has 0 fully saturated rings. The number of aromatic nitrogens is 1. The number of alkyl halides is 3. The summed E-state index contributed by atoms with van der Waals surface area (Å²) in [5, 5.41) is 0. The number of rotatable bonds is 1. The molecule has 0 aliphatic carbocycles. The van der Waals surface area contributed by atoms with E-state index in [2.05, 4.69) is 4.98 Å². The molecule has 0 aliphatic heterocycles. The molecule has 0 atom stereocenters. The minimum absolute atomic E-state index is 0.409. The van der Waals surface area contributed by atoms with Crippen LogP contribution in [0, 0.1) is 6.92 Å². The van der Waals surface area contributed by atoms with Gasteiger partial charge in [-0.1, -0.05) is 6.92 Å². The van der Waals surface area contributed by atoms with Gasteiger partial charge in [-0.3, -0.25) is 0 Å². The Bertz CT molecular complexity index is 304. The third-order valence-corrected chi connectivity index (χ3v) is 1.71. The van der Waals surface area contributed by atoms with Crippen LogP contribution in [-0.2, 0) is 12.6 Å². The van der Waals surface area contributed by atoms with E-state index in [1.807, 2.05) is 6.92 Å². The van der Waals surface area contributed by atoms with E-state index in [9.17, 15) is 13.2 Å². The molecule has 4 heteroatoms. The number of nitrogens with zero attached hydrogens (tertiary/aromatic N) is 1. The van der Waals surface area contributed by atoms with E-state index in [1.54, 1.807) is 13.0 Å². The summed E-state index contributed by atoms with van der Waals surface area (Å²) in [4.78, 5) is 3.43. The zero-order valence-electron chi connectivity index (χ0n) is 7.44. The Labute approximate surface area is 74.6 Å². The maximum absolute atomic E-state index is 12.2. The molecule has 0 saturated carbocycles. The number of hydrogen-bond donors (Lipinski definition) is 0. The van der Waals surface area contributed by atoms with E-state index in [0.717, 1.165) is 6.07 Å². The van der Waals surface area contributed by atoms with Crippen LogP contribution in [0.25, 0.3) is 0 Å². The second kappa shape index (κ2) is 3.36. The van der Waals surface area contributed by atoms with E-state index < -0.39 is 11.9 Å². The monoisotopic (exact) mass is 189 g/mol. The Hall–Kier alpha value is -1.06. The van der Waals surface area contributed by atoms with Crippen LogP contribution < -0.4 is 0 Å². The second-order valence-electron chi connectivity index (χ2n) is 2.85. The summed E-state index contributed by atoms with van der Waals surface area (Å²) in [6.07, 6.45) is -3.75. The van der Waals surface area contributed by atoms with E-state index in [4.69, 9.17) is 0 Å². The third kappa shape index (κ3) is 2.44. The van der Waals surface area contributed by atoms with Crippen molar-refractivity contribution in [2.45, 2.75) is 26.4 Å². The lowest BCUT2D eigenvalue weighted by molar-refractivity contribution is -0.141. The molecule has 0 amide bonds. The molecular weight excluding hydrogens is 179 g/mol. The van der Waals surface area contributed by atoms with Gasteiger partial charge in [0.05, 0.1) is 0 Å². The molecule has 0 aliphatic rings. The minimum Gasteiger partial charge on any atom is -0.249 e. The standard InChI is InChI=1S/C9H10F3N/c1-3-7-4-6(2)13-8(5-7)9(10,11)12/h4-5H,3H2,1-2H3. The van der Waals surface area contributed by atoms with Crippen LogP contribution in [0.15, 0.2) is 12.1 Å². The minimum atomic E-state index is -4.34. The molecule has 1 aromatic rings. The van der Waals surface area contributed by atoms with E-state index in [-0.39, 0.29) is 0 Å². The average Bonchev–Trinajstić information content (AvgIpc) is 2.01. The lowest BCUT2D eigenvalue weighted by atomic mass is 10.1. The number of aryl methyl sites for hydroxylation is 2. The second-order valence-corrected chi connectivity index (χ2v) is 2.85. The summed E-state index contributed by atoms with van der Waals surface area (Å²) in [5.41, 5.74) is 0.274. The highest BCUT2D eigenvalue weighted by molar-refractivity contribution is 5.22. The highest BCUT2D eigenvalue weighted by Crippen LogP contribution is 2.28. The summed E-state index contributed by atoms with van der Waals surface area (Å²) in [5.74, 6) is 0. The maximum Gasteiger partial charge on any atom is 0.433 e. The van der Waals surface area contributed by atoms with Crippen LogP contribution in [0.4, 0.5) is 13.2 Å². The molecule has 72 valence electrons. The first-order valence-corrected chi connectivity index (χ1v) is 3.98. The van der Waals surface area contributed by atoms with Crippen molar-refractivity contribution in [3.63, 3.8) is 0 Å². The summed E-state index contributed by atoms with van der Waals surface area (Å²) < 4.78 is 36.7. The molecule has 0 unspecified atom stereocenters. The lowest BCUT2D eigenvalue weighted by Gasteiger charge is -2.08. The van der Waals surface area contributed by atoms with Crippen molar-refractivity contribution in [2.24, 2.45) is 0 Å². The topological polar surface area (TPSA) is 12.9 Å². The van der Waals surface area contributed by atoms with Gasteiger partial charge in [0.15, 0.2) is 0 Å². The summed E-state index contributed by atoms with van der Waals surface area (Å²) in [6, 6.07) is 2.75. The zero-order valence-corrected chi connectivity index (χ0v) is 7.44. The molecule has 0 N–H and O–H groups in total. The molecule has 1 heterocycles. The molecular formula is C9H10F3N. The van der Waals surface area contributed by atoms with Crippen molar-refractivity contribution in [3.05, 3.63) is 29.1 Å². The Morgan fingerprint density at radius 1 is 1.31 bits per heavy atom. The number of halogens is 3. The van der Waals surface area contributed by atoms with Gasteiger partial charge in [0.2, 0.25) is 0 Å². The van der Waals surface area contributed by atoms with Crippen LogP contribution in [0.5, 0.6) is 0 Å². The van der Waals surface area contributed by atoms with Crippen molar-refractivity contribution < 1.29 is 13.2 Å². The third-order valence-electron chi connectivity index (χ3n) is 1.71.